The number of carbonyl (C=O) groups is 2. The van der Waals surface area contributed by atoms with Gasteiger partial charge in [-0.1, -0.05) is 0 Å². The Kier molecular flexibility index (Phi) is 3.35. The lowest BCUT2D eigenvalue weighted by molar-refractivity contribution is -0.140. The molecule has 6 nitrogen and oxygen atoms in total. The molecule has 1 heterocycles. The summed E-state index contributed by atoms with van der Waals surface area (Å²) in [5.41, 5.74) is 11.0. The number of primary amides is 1. The molecule has 1 aliphatic carbocycles. The minimum Gasteiger partial charge on any atom is -0.391 e. The van der Waals surface area contributed by atoms with E-state index in [0.29, 0.717) is 6.42 Å². The number of aliphatic hydroxyl groups is 1. The smallest absolute Gasteiger partial charge is 0.240 e. The molecule has 0 bridgehead atoms. The summed E-state index contributed by atoms with van der Waals surface area (Å²) < 4.78 is 0. The Morgan fingerprint density at radius 3 is 2.47 bits per heavy atom. The van der Waals surface area contributed by atoms with Gasteiger partial charge in [0.1, 0.15) is 6.04 Å². The van der Waals surface area contributed by atoms with Crippen LogP contribution in [-0.4, -0.2) is 46.6 Å². The van der Waals surface area contributed by atoms with Gasteiger partial charge < -0.3 is 21.5 Å². The average Bonchev–Trinajstić information content (AvgIpc) is 2.83. The lowest BCUT2D eigenvalue weighted by atomic mass is 10.1. The van der Waals surface area contributed by atoms with E-state index in [0.717, 1.165) is 12.8 Å². The number of hydrogen-bond donors (Lipinski definition) is 3. The van der Waals surface area contributed by atoms with E-state index in [-0.39, 0.29) is 30.8 Å². The van der Waals surface area contributed by atoms with Gasteiger partial charge in [-0.15, -0.1) is 0 Å². The predicted molar refractivity (Wildman–Crippen MR) is 60.6 cm³/mol. The summed E-state index contributed by atoms with van der Waals surface area (Å²) in [6, 6.07) is -0.585. The monoisotopic (exact) mass is 241 g/mol. The molecular weight excluding hydrogens is 222 g/mol. The maximum atomic E-state index is 12.2. The number of nitrogens with zero attached hydrogens (tertiary/aromatic N) is 1. The Labute approximate surface area is 99.9 Å². The molecule has 4 unspecified atom stereocenters. The van der Waals surface area contributed by atoms with Gasteiger partial charge in [-0.05, 0) is 19.3 Å². The zero-order chi connectivity index (χ0) is 12.6. The summed E-state index contributed by atoms with van der Waals surface area (Å²) in [6.07, 6.45) is 1.87. The highest BCUT2D eigenvalue weighted by Gasteiger charge is 2.41. The lowest BCUT2D eigenvalue weighted by Gasteiger charge is -2.25. The fraction of sp³-hybridized carbons (Fsp3) is 0.818. The van der Waals surface area contributed by atoms with Crippen LogP contribution in [0.25, 0.3) is 0 Å². The minimum absolute atomic E-state index is 0.0727. The van der Waals surface area contributed by atoms with E-state index in [1.165, 1.54) is 4.90 Å². The summed E-state index contributed by atoms with van der Waals surface area (Å²) in [5, 5.41) is 9.54. The van der Waals surface area contributed by atoms with Crippen molar-refractivity contribution in [3.05, 3.63) is 0 Å². The Hall–Kier alpha value is -1.14. The molecule has 17 heavy (non-hydrogen) atoms. The van der Waals surface area contributed by atoms with Gasteiger partial charge in [0.15, 0.2) is 0 Å². The van der Waals surface area contributed by atoms with Crippen molar-refractivity contribution in [2.24, 2.45) is 17.4 Å². The number of carbonyl (C=O) groups excluding carboxylic acids is 2. The first-order valence-corrected chi connectivity index (χ1v) is 6.02. The molecular formula is C11H19N3O3. The van der Waals surface area contributed by atoms with Crippen molar-refractivity contribution in [2.45, 2.75) is 43.9 Å². The van der Waals surface area contributed by atoms with Crippen LogP contribution in [0.5, 0.6) is 0 Å². The SMILES string of the molecule is NC(=O)C1CC(O)CN1C(=O)C1CCC(N)C1. The van der Waals surface area contributed by atoms with Gasteiger partial charge in [0.25, 0.3) is 0 Å². The van der Waals surface area contributed by atoms with Gasteiger partial charge >= 0.3 is 0 Å². The molecule has 2 fully saturated rings. The summed E-state index contributed by atoms with van der Waals surface area (Å²) in [5.74, 6) is -0.743. The minimum atomic E-state index is -0.658. The van der Waals surface area contributed by atoms with Crippen LogP contribution < -0.4 is 11.5 Å². The zero-order valence-electron chi connectivity index (χ0n) is 9.71. The topological polar surface area (TPSA) is 110 Å². The van der Waals surface area contributed by atoms with Crippen molar-refractivity contribution in [3.8, 4) is 0 Å². The molecule has 0 radical (unpaired) electrons. The van der Waals surface area contributed by atoms with Gasteiger partial charge in [-0.25, -0.2) is 0 Å². The fourth-order valence-electron chi connectivity index (χ4n) is 2.80. The molecule has 1 saturated heterocycles. The second kappa shape index (κ2) is 4.62. The van der Waals surface area contributed by atoms with Gasteiger partial charge in [-0.3, -0.25) is 9.59 Å². The number of amides is 2. The first-order valence-electron chi connectivity index (χ1n) is 6.02. The molecule has 1 aliphatic heterocycles. The van der Waals surface area contributed by atoms with E-state index in [1.807, 2.05) is 0 Å². The summed E-state index contributed by atoms with van der Waals surface area (Å²) in [7, 11) is 0. The van der Waals surface area contributed by atoms with Crippen LogP contribution in [0, 0.1) is 5.92 Å². The maximum absolute atomic E-state index is 12.2. The van der Waals surface area contributed by atoms with Crippen molar-refractivity contribution in [2.75, 3.05) is 6.54 Å². The van der Waals surface area contributed by atoms with Crippen molar-refractivity contribution in [1.29, 1.82) is 0 Å². The van der Waals surface area contributed by atoms with E-state index in [4.69, 9.17) is 11.5 Å². The molecule has 6 heteroatoms. The molecule has 96 valence electrons. The molecule has 0 aromatic heterocycles. The van der Waals surface area contributed by atoms with Gasteiger partial charge in [0, 0.05) is 24.9 Å². The largest absolute Gasteiger partial charge is 0.391 e. The van der Waals surface area contributed by atoms with Gasteiger partial charge in [0.05, 0.1) is 6.10 Å². The fourth-order valence-corrected chi connectivity index (χ4v) is 2.80. The van der Waals surface area contributed by atoms with E-state index >= 15 is 0 Å². The third-order valence-electron chi connectivity index (χ3n) is 3.71. The van der Waals surface area contributed by atoms with Crippen LogP contribution in [0.1, 0.15) is 25.7 Å². The number of aliphatic hydroxyl groups excluding tert-OH is 1. The molecule has 1 saturated carbocycles. The first kappa shape index (κ1) is 12.3. The number of likely N-dealkylation sites (tertiary alicyclic amines) is 1. The maximum Gasteiger partial charge on any atom is 0.240 e. The predicted octanol–water partition coefficient (Wildman–Crippen LogP) is -1.44. The first-order chi connectivity index (χ1) is 7.99. The Bertz CT molecular complexity index is 334. The molecule has 0 spiro atoms. The zero-order valence-corrected chi connectivity index (χ0v) is 9.71. The van der Waals surface area contributed by atoms with E-state index < -0.39 is 18.1 Å². The number of hydrogen-bond acceptors (Lipinski definition) is 4. The van der Waals surface area contributed by atoms with E-state index in [9.17, 15) is 14.7 Å². The summed E-state index contributed by atoms with van der Waals surface area (Å²) in [4.78, 5) is 24.9. The van der Waals surface area contributed by atoms with Crippen LogP contribution >= 0.6 is 0 Å². The van der Waals surface area contributed by atoms with Gasteiger partial charge in [0.2, 0.25) is 11.8 Å². The second-order valence-electron chi connectivity index (χ2n) is 5.07. The highest BCUT2D eigenvalue weighted by Crippen LogP contribution is 2.29. The number of β-amino-alcohol motifs (C(OH)–C–C–N with tert-alkyl or cyclic N) is 1. The van der Waals surface area contributed by atoms with Crippen molar-refractivity contribution in [1.82, 2.24) is 4.90 Å². The van der Waals surface area contributed by atoms with Crippen molar-refractivity contribution < 1.29 is 14.7 Å². The standard InChI is InChI=1S/C11H19N3O3/c12-7-2-1-6(3-7)11(17)14-5-8(15)4-9(14)10(13)16/h6-9,15H,1-5,12H2,(H2,13,16). The molecule has 2 aliphatic rings. The molecule has 0 aromatic carbocycles. The normalized spacial score (nSPS) is 37.4. The third kappa shape index (κ3) is 2.42. The van der Waals surface area contributed by atoms with Crippen LogP contribution in [-0.2, 0) is 9.59 Å². The number of rotatable bonds is 2. The summed E-state index contributed by atoms with van der Waals surface area (Å²) >= 11 is 0. The third-order valence-corrected chi connectivity index (χ3v) is 3.71. The highest BCUT2D eigenvalue weighted by molar-refractivity contribution is 5.88. The molecule has 4 atom stereocenters. The van der Waals surface area contributed by atoms with E-state index in [2.05, 4.69) is 0 Å². The van der Waals surface area contributed by atoms with Crippen LogP contribution in [0.15, 0.2) is 0 Å². The summed E-state index contributed by atoms with van der Waals surface area (Å²) in [6.45, 7) is 0.207. The highest BCUT2D eigenvalue weighted by atomic mass is 16.3. The molecule has 5 N–H and O–H groups in total. The van der Waals surface area contributed by atoms with Crippen LogP contribution in [0.3, 0.4) is 0 Å². The molecule has 2 amide bonds. The Morgan fingerprint density at radius 2 is 1.94 bits per heavy atom. The average molecular weight is 241 g/mol. The Balaban J connectivity index is 2.05. The molecule has 2 rings (SSSR count). The Morgan fingerprint density at radius 1 is 1.24 bits per heavy atom. The van der Waals surface area contributed by atoms with Crippen LogP contribution in [0.4, 0.5) is 0 Å². The van der Waals surface area contributed by atoms with Crippen molar-refractivity contribution in [3.63, 3.8) is 0 Å². The lowest BCUT2D eigenvalue weighted by Crippen LogP contribution is -2.46. The quantitative estimate of drug-likeness (QED) is 0.550. The molecule has 0 aromatic rings. The number of nitrogens with two attached hydrogens (primary N) is 2. The van der Waals surface area contributed by atoms with Gasteiger partial charge in [-0.2, -0.15) is 0 Å². The van der Waals surface area contributed by atoms with Crippen LogP contribution in [0.2, 0.25) is 0 Å². The van der Waals surface area contributed by atoms with Crippen molar-refractivity contribution >= 4 is 11.8 Å². The van der Waals surface area contributed by atoms with E-state index in [1.54, 1.807) is 0 Å². The second-order valence-corrected chi connectivity index (χ2v) is 5.07.